The van der Waals surface area contributed by atoms with Crippen molar-refractivity contribution in [1.82, 2.24) is 5.43 Å². The number of benzene rings is 3. The number of para-hydroxylation sites is 1. The molecule has 7 heteroatoms. The number of hydrazone groups is 1. The van der Waals surface area contributed by atoms with Crippen molar-refractivity contribution >= 4 is 23.2 Å². The molecule has 0 atom stereocenters. The summed E-state index contributed by atoms with van der Waals surface area (Å²) in [5.74, 6) is -0.568. The molecule has 2 N–H and O–H groups in total. The highest BCUT2D eigenvalue weighted by molar-refractivity contribution is 6.01. The normalized spacial score (nSPS) is 10.9. The van der Waals surface area contributed by atoms with Gasteiger partial charge in [-0.05, 0) is 73.2 Å². The van der Waals surface area contributed by atoms with Gasteiger partial charge in [0.25, 0.3) is 11.8 Å². The summed E-state index contributed by atoms with van der Waals surface area (Å²) >= 11 is 0. The number of nitrogens with one attached hydrogen (secondary N) is 2. The lowest BCUT2D eigenvalue weighted by Crippen LogP contribution is -2.20. The van der Waals surface area contributed by atoms with Crippen LogP contribution in [0.3, 0.4) is 0 Å². The zero-order valence-electron chi connectivity index (χ0n) is 16.3. The molecule has 0 radical (unpaired) electrons. The fraction of sp³-hybridized carbons (Fsp3) is 0.0870. The summed E-state index contributed by atoms with van der Waals surface area (Å²) in [4.78, 5) is 24.0. The second kappa shape index (κ2) is 9.97. The van der Waals surface area contributed by atoms with E-state index in [1.54, 1.807) is 43.3 Å². The first-order valence-corrected chi connectivity index (χ1v) is 9.19. The van der Waals surface area contributed by atoms with Crippen LogP contribution in [-0.4, -0.2) is 24.1 Å². The second-order valence-electron chi connectivity index (χ2n) is 6.37. The standard InChI is InChI=1S/C23H20FN3O3/c1-16(26-27-23(29)18-7-11-19(24)12-8-18)17-9-13-21(14-10-17)30-15-22(28)25-20-5-3-2-4-6-20/h2-14H,15H2,1H3,(H,25,28)(H,27,29)/b26-16-. The van der Waals surface area contributed by atoms with Crippen LogP contribution in [0, 0.1) is 5.82 Å². The van der Waals surface area contributed by atoms with E-state index in [9.17, 15) is 14.0 Å². The van der Waals surface area contributed by atoms with Crippen molar-refractivity contribution in [1.29, 1.82) is 0 Å². The van der Waals surface area contributed by atoms with Crippen LogP contribution in [0.15, 0.2) is 84.0 Å². The van der Waals surface area contributed by atoms with Crippen LogP contribution in [0.2, 0.25) is 0 Å². The number of carbonyl (C=O) groups is 2. The summed E-state index contributed by atoms with van der Waals surface area (Å²) in [5.41, 5.74) is 4.81. The van der Waals surface area contributed by atoms with Crippen molar-refractivity contribution in [3.8, 4) is 5.75 Å². The fourth-order valence-electron chi connectivity index (χ4n) is 2.52. The molecule has 0 saturated carbocycles. The molecule has 0 saturated heterocycles. The Morgan fingerprint density at radius 2 is 1.53 bits per heavy atom. The maximum atomic E-state index is 12.9. The zero-order valence-corrected chi connectivity index (χ0v) is 16.3. The lowest BCUT2D eigenvalue weighted by Gasteiger charge is -2.08. The number of anilines is 1. The van der Waals surface area contributed by atoms with Gasteiger partial charge in [0.2, 0.25) is 0 Å². The molecule has 0 fully saturated rings. The number of rotatable bonds is 7. The third kappa shape index (κ3) is 6.00. The number of amides is 2. The van der Waals surface area contributed by atoms with Crippen molar-refractivity contribution in [2.75, 3.05) is 11.9 Å². The van der Waals surface area contributed by atoms with Crippen molar-refractivity contribution in [2.45, 2.75) is 6.92 Å². The average molecular weight is 405 g/mol. The van der Waals surface area contributed by atoms with Crippen LogP contribution in [0.5, 0.6) is 5.75 Å². The van der Waals surface area contributed by atoms with E-state index in [0.717, 1.165) is 5.56 Å². The monoisotopic (exact) mass is 405 g/mol. The molecule has 0 aliphatic rings. The molecule has 3 aromatic carbocycles. The Balaban J connectivity index is 1.51. The lowest BCUT2D eigenvalue weighted by atomic mass is 10.1. The molecule has 0 heterocycles. The van der Waals surface area contributed by atoms with Gasteiger partial charge in [0.05, 0.1) is 5.71 Å². The van der Waals surface area contributed by atoms with Gasteiger partial charge in [-0.15, -0.1) is 0 Å². The minimum absolute atomic E-state index is 0.116. The lowest BCUT2D eigenvalue weighted by molar-refractivity contribution is -0.118. The first kappa shape index (κ1) is 20.7. The summed E-state index contributed by atoms with van der Waals surface area (Å²) in [6.45, 7) is 1.63. The number of ether oxygens (including phenoxy) is 1. The Morgan fingerprint density at radius 1 is 0.900 bits per heavy atom. The highest BCUT2D eigenvalue weighted by atomic mass is 19.1. The van der Waals surface area contributed by atoms with Gasteiger partial charge < -0.3 is 10.1 Å². The minimum atomic E-state index is -0.432. The average Bonchev–Trinajstić information content (AvgIpc) is 2.77. The van der Waals surface area contributed by atoms with Crippen LogP contribution in [0.1, 0.15) is 22.8 Å². The van der Waals surface area contributed by atoms with E-state index in [4.69, 9.17) is 4.74 Å². The number of halogens is 1. The van der Waals surface area contributed by atoms with Gasteiger partial charge in [0.1, 0.15) is 11.6 Å². The minimum Gasteiger partial charge on any atom is -0.484 e. The van der Waals surface area contributed by atoms with E-state index in [1.165, 1.54) is 24.3 Å². The highest BCUT2D eigenvalue weighted by Gasteiger charge is 2.06. The maximum Gasteiger partial charge on any atom is 0.271 e. The molecule has 2 amide bonds. The van der Waals surface area contributed by atoms with Crippen molar-refractivity contribution in [2.24, 2.45) is 5.10 Å². The van der Waals surface area contributed by atoms with Gasteiger partial charge in [-0.25, -0.2) is 9.82 Å². The van der Waals surface area contributed by atoms with E-state index < -0.39 is 11.7 Å². The first-order valence-electron chi connectivity index (χ1n) is 9.19. The van der Waals surface area contributed by atoms with E-state index >= 15 is 0 Å². The molecular formula is C23H20FN3O3. The smallest absolute Gasteiger partial charge is 0.271 e. The molecule has 0 unspecified atom stereocenters. The predicted molar refractivity (Wildman–Crippen MR) is 113 cm³/mol. The van der Waals surface area contributed by atoms with Gasteiger partial charge in [0.15, 0.2) is 6.61 Å². The van der Waals surface area contributed by atoms with Crippen LogP contribution in [-0.2, 0) is 4.79 Å². The molecule has 6 nitrogen and oxygen atoms in total. The molecule has 0 aromatic heterocycles. The number of nitrogens with zero attached hydrogens (tertiary/aromatic N) is 1. The predicted octanol–water partition coefficient (Wildman–Crippen LogP) is 4.00. The van der Waals surface area contributed by atoms with Crippen molar-refractivity contribution in [3.63, 3.8) is 0 Å². The third-order valence-electron chi connectivity index (χ3n) is 4.13. The Labute approximate surface area is 173 Å². The number of hydrogen-bond acceptors (Lipinski definition) is 4. The molecule has 0 aliphatic carbocycles. The quantitative estimate of drug-likeness (QED) is 0.461. The van der Waals surface area contributed by atoms with E-state index in [0.29, 0.717) is 22.7 Å². The second-order valence-corrected chi connectivity index (χ2v) is 6.37. The molecule has 152 valence electrons. The highest BCUT2D eigenvalue weighted by Crippen LogP contribution is 2.13. The van der Waals surface area contributed by atoms with Gasteiger partial charge in [-0.3, -0.25) is 9.59 Å². The Morgan fingerprint density at radius 3 is 2.20 bits per heavy atom. The molecule has 3 rings (SSSR count). The summed E-state index contributed by atoms with van der Waals surface area (Å²) in [6, 6.07) is 21.3. The van der Waals surface area contributed by atoms with Gasteiger partial charge in [-0.2, -0.15) is 5.10 Å². The Bertz CT molecular complexity index is 1030. The van der Waals surface area contributed by atoms with Crippen LogP contribution >= 0.6 is 0 Å². The summed E-state index contributed by atoms with van der Waals surface area (Å²) in [5, 5.41) is 6.80. The first-order chi connectivity index (χ1) is 14.5. The SMILES string of the molecule is C/C(=N/NC(=O)c1ccc(F)cc1)c1ccc(OCC(=O)Nc2ccccc2)cc1. The number of carbonyl (C=O) groups excluding carboxylic acids is 2. The number of hydrogen-bond donors (Lipinski definition) is 2. The third-order valence-corrected chi connectivity index (χ3v) is 4.13. The molecule has 30 heavy (non-hydrogen) atoms. The van der Waals surface area contributed by atoms with Gasteiger partial charge >= 0.3 is 0 Å². The van der Waals surface area contributed by atoms with Crippen LogP contribution in [0.4, 0.5) is 10.1 Å². The van der Waals surface area contributed by atoms with Gasteiger partial charge in [0, 0.05) is 11.3 Å². The fourth-order valence-corrected chi connectivity index (χ4v) is 2.52. The maximum absolute atomic E-state index is 12.9. The summed E-state index contributed by atoms with van der Waals surface area (Å²) in [7, 11) is 0. The van der Waals surface area contributed by atoms with Gasteiger partial charge in [-0.1, -0.05) is 18.2 Å². The van der Waals surface area contributed by atoms with E-state index in [2.05, 4.69) is 15.8 Å². The molecule has 0 spiro atoms. The van der Waals surface area contributed by atoms with E-state index in [-0.39, 0.29) is 12.5 Å². The topological polar surface area (TPSA) is 79.8 Å². The Kier molecular flexibility index (Phi) is 6.89. The van der Waals surface area contributed by atoms with Crippen LogP contribution < -0.4 is 15.5 Å². The molecule has 0 aliphatic heterocycles. The van der Waals surface area contributed by atoms with Crippen molar-refractivity contribution in [3.05, 3.63) is 95.8 Å². The van der Waals surface area contributed by atoms with Crippen molar-refractivity contribution < 1.29 is 18.7 Å². The Hall–Kier alpha value is -4.00. The molecular weight excluding hydrogens is 385 g/mol. The summed E-state index contributed by atoms with van der Waals surface area (Å²) < 4.78 is 18.4. The molecule has 3 aromatic rings. The summed E-state index contributed by atoms with van der Waals surface area (Å²) in [6.07, 6.45) is 0. The largest absolute Gasteiger partial charge is 0.484 e. The van der Waals surface area contributed by atoms with E-state index in [1.807, 2.05) is 18.2 Å². The zero-order chi connectivity index (χ0) is 21.3. The molecule has 0 bridgehead atoms. The van der Waals surface area contributed by atoms with Crippen LogP contribution in [0.25, 0.3) is 0 Å².